The first-order valence-corrected chi connectivity index (χ1v) is 57.0. The Balaban J connectivity index is 0.000000332. The Hall–Kier alpha value is -5.54. The van der Waals surface area contributed by atoms with Gasteiger partial charge in [0.15, 0.2) is 0 Å². The van der Waals surface area contributed by atoms with Gasteiger partial charge in [-0.2, -0.15) is 0 Å². The van der Waals surface area contributed by atoms with E-state index in [-0.39, 0.29) is 215 Å². The van der Waals surface area contributed by atoms with Crippen LogP contribution in [0.15, 0.2) is 12.1 Å². The van der Waals surface area contributed by atoms with Crippen LogP contribution in [0.5, 0.6) is 5.75 Å². The van der Waals surface area contributed by atoms with Gasteiger partial charge in [0.25, 0.3) is 0 Å². The molecule has 0 amide bonds. The minimum atomic E-state index is -0.509. The second kappa shape index (κ2) is 50.3. The lowest BCUT2D eigenvalue weighted by molar-refractivity contribution is -0.170. The topological polar surface area (TPSA) is 257 Å². The van der Waals surface area contributed by atoms with Gasteiger partial charge in [-0.25, -0.2) is 0 Å². The van der Waals surface area contributed by atoms with Crippen LogP contribution in [0.4, 0.5) is 0 Å². The Kier molecular flexibility index (Phi) is 45.2. The van der Waals surface area contributed by atoms with Crippen LogP contribution in [0.1, 0.15) is 494 Å². The molecule has 1 aromatic rings. The standard InChI is InChI=1S/C31H53NO3.C30H56N2O4.2C25H46N2O4.C12H23NO2/c1-13-14-15-22(27(34)35-23-19-30(8,9)32(12)31(10,11)20-23)16-21-17-24(28(2,3)4)26(33)25(18-21)29(5,6)7;1-27(2)19-23(20-28(3,4)31(27)9)35-25(33)17-15-13-11-12-14-16-18-26(34)36-24-21-29(5,6)32(10)30(7,8)22-24;2*1-17(21(29)31-19-15-24(6,7)27(11)25(8,9)16-19)12-20(28)30-18-13-22(2,3)26(10)23(4,5)14-18;1-9(14)15-10-7-11(2,3)13(6)12(4,5)8-10/h17-18,22-23,33H,13-16,19-20H2,1-12H3;23-24H,11-22H2,1-10H3;2*17-19H,12-16H2,1-11H3;10H,7-8H2,1-6H3. The van der Waals surface area contributed by atoms with Crippen molar-refractivity contribution in [3.8, 4) is 5.75 Å². The van der Waals surface area contributed by atoms with Crippen LogP contribution in [0.3, 0.4) is 0 Å². The molecule has 0 spiro atoms. The van der Waals surface area contributed by atoms with Crippen LogP contribution in [0, 0.1) is 17.8 Å². The van der Waals surface area contributed by atoms with Gasteiger partial charge >= 0.3 is 47.8 Å². The molecule has 8 saturated heterocycles. The third-order valence-electron chi connectivity index (χ3n) is 36.8. The molecule has 8 fully saturated rings. The number of hydrogen-bond acceptors (Lipinski definition) is 25. The van der Waals surface area contributed by atoms with Crippen LogP contribution < -0.4 is 0 Å². The van der Waals surface area contributed by atoms with Gasteiger partial charge < -0.3 is 43.0 Å². The number of carbonyl (C=O) groups excluding carboxylic acids is 8. The lowest BCUT2D eigenvalue weighted by Crippen LogP contribution is -2.60. The Morgan fingerprint density at radius 1 is 0.291 bits per heavy atom. The number of piperidine rings is 8. The molecule has 858 valence electrons. The number of aromatic hydroxyl groups is 1. The molecular formula is C123H224N8O17. The number of ether oxygens (including phenoxy) is 8. The van der Waals surface area contributed by atoms with Crippen molar-refractivity contribution in [3.05, 3.63) is 28.8 Å². The highest BCUT2D eigenvalue weighted by atomic mass is 16.6. The summed E-state index contributed by atoms with van der Waals surface area (Å²) in [5.74, 6) is -2.38. The minimum absolute atomic E-state index is 0.00474. The number of hydrogen-bond donors (Lipinski definition) is 1. The Morgan fingerprint density at radius 2 is 0.473 bits per heavy atom. The molecule has 3 unspecified atom stereocenters. The normalized spacial score (nSPS) is 24.8. The summed E-state index contributed by atoms with van der Waals surface area (Å²) >= 11 is 0. The van der Waals surface area contributed by atoms with Gasteiger partial charge in [-0.3, -0.25) is 77.6 Å². The highest BCUT2D eigenvalue weighted by Crippen LogP contribution is 2.49. The number of nitrogens with zero attached hydrogens (tertiary/aromatic N) is 8. The third-order valence-corrected chi connectivity index (χ3v) is 36.8. The van der Waals surface area contributed by atoms with Crippen LogP contribution in [-0.4, -0.2) is 286 Å². The first-order chi connectivity index (χ1) is 66.6. The molecule has 8 heterocycles. The van der Waals surface area contributed by atoms with Crippen molar-refractivity contribution in [1.29, 1.82) is 0 Å². The SMILES string of the molecule is CC(=O)OC1CC(C)(C)N(C)C(C)(C)C1.CC(CC(=O)OC1CC(C)(C)N(C)C(C)(C)C1)C(=O)OC1CC(C)(C)N(C)C(C)(C)C1.CC(CC(=O)OC1CC(C)(C)N(C)C(C)(C)C1)C(=O)OC1CC(C)(C)N(C)C(C)(C)C1.CCCCC(Cc1cc(C(C)(C)C)c(O)c(C(C)(C)C)c1)C(=O)OC1CC(C)(C)N(C)C(C)(C)C1.CN1C(C)(C)CC(OC(=O)CCCCCCCCC(=O)OC2CC(C)(C)N(C)C(C)(C)C2)CC1(C)C. The van der Waals surface area contributed by atoms with E-state index < -0.39 is 11.8 Å². The maximum absolute atomic E-state index is 13.6. The zero-order chi connectivity index (χ0) is 114. The molecule has 1 N–H and O–H groups in total. The Morgan fingerprint density at radius 3 is 0.669 bits per heavy atom. The van der Waals surface area contributed by atoms with Crippen LogP contribution in [0.2, 0.25) is 0 Å². The van der Waals surface area contributed by atoms with Crippen molar-refractivity contribution in [2.75, 3.05) is 56.4 Å². The zero-order valence-electron chi connectivity index (χ0n) is 104. The van der Waals surface area contributed by atoms with E-state index in [1.54, 1.807) is 13.8 Å². The number of phenolic OH excluding ortho intramolecular Hbond substituents is 1. The monoisotopic (exact) mass is 2090 g/mol. The van der Waals surface area contributed by atoms with E-state index in [1.165, 1.54) is 6.92 Å². The zero-order valence-corrected chi connectivity index (χ0v) is 104. The molecule has 148 heavy (non-hydrogen) atoms. The number of esters is 8. The van der Waals surface area contributed by atoms with E-state index in [4.69, 9.17) is 37.9 Å². The van der Waals surface area contributed by atoms with E-state index in [0.29, 0.717) is 25.0 Å². The van der Waals surface area contributed by atoms with Crippen molar-refractivity contribution < 1.29 is 81.4 Å². The average Bonchev–Trinajstić information content (AvgIpc) is 0.757. The lowest BCUT2D eigenvalue weighted by atomic mass is 9.77. The van der Waals surface area contributed by atoms with Gasteiger partial charge in [0.2, 0.25) is 0 Å². The molecule has 3 atom stereocenters. The molecule has 0 aliphatic carbocycles. The quantitative estimate of drug-likeness (QED) is 0.0444. The molecule has 8 aliphatic rings. The fourth-order valence-corrected chi connectivity index (χ4v) is 25.8. The smallest absolute Gasteiger partial charge is 0.309 e. The van der Waals surface area contributed by atoms with E-state index in [9.17, 15) is 43.5 Å². The second-order valence-corrected chi connectivity index (χ2v) is 59.0. The number of rotatable bonds is 29. The number of benzene rings is 1. The summed E-state index contributed by atoms with van der Waals surface area (Å²) in [6.45, 7) is 90.4. The van der Waals surface area contributed by atoms with Crippen molar-refractivity contribution in [3.63, 3.8) is 0 Å². The van der Waals surface area contributed by atoms with Gasteiger partial charge in [0, 0.05) is 211 Å². The molecule has 25 nitrogen and oxygen atoms in total. The van der Waals surface area contributed by atoms with Crippen molar-refractivity contribution in [2.45, 2.75) is 632 Å². The summed E-state index contributed by atoms with van der Waals surface area (Å²) in [7, 11) is 17.2. The van der Waals surface area contributed by atoms with Gasteiger partial charge in [0.1, 0.15) is 54.6 Å². The second-order valence-electron chi connectivity index (χ2n) is 59.0. The summed E-state index contributed by atoms with van der Waals surface area (Å²) in [6, 6.07) is 4.22. The number of likely N-dealkylation sites (tertiary alicyclic amines) is 8. The van der Waals surface area contributed by atoms with Gasteiger partial charge in [-0.1, -0.05) is 113 Å². The van der Waals surface area contributed by atoms with Gasteiger partial charge in [0.05, 0.1) is 30.6 Å². The summed E-state index contributed by atoms with van der Waals surface area (Å²) in [4.78, 5) is 119. The van der Waals surface area contributed by atoms with Crippen LogP contribution >= 0.6 is 0 Å². The Labute approximate surface area is 903 Å². The molecule has 1 aromatic carbocycles. The maximum Gasteiger partial charge on any atom is 0.309 e. The molecular weight excluding hydrogens is 1860 g/mol. The Bertz CT molecular complexity index is 4160. The van der Waals surface area contributed by atoms with Crippen molar-refractivity contribution >= 4 is 47.8 Å². The van der Waals surface area contributed by atoms with E-state index in [2.05, 4.69) is 378 Å². The van der Waals surface area contributed by atoms with E-state index in [1.807, 2.05) is 0 Å². The molecule has 0 radical (unpaired) electrons. The summed E-state index contributed by atoms with van der Waals surface area (Å²) in [5.41, 5.74) is 2.44. The number of carbonyl (C=O) groups is 8. The van der Waals surface area contributed by atoms with E-state index >= 15 is 0 Å². The van der Waals surface area contributed by atoms with E-state index in [0.717, 1.165) is 177 Å². The lowest BCUT2D eigenvalue weighted by Gasteiger charge is -2.53. The third kappa shape index (κ3) is 37.6. The molecule has 0 aromatic heterocycles. The molecule has 0 saturated carbocycles. The minimum Gasteiger partial charge on any atom is -0.507 e. The predicted molar refractivity (Wildman–Crippen MR) is 603 cm³/mol. The highest BCUT2D eigenvalue weighted by molar-refractivity contribution is 5.81. The molecule has 8 aliphatic heterocycles. The number of phenols is 1. The molecule has 9 rings (SSSR count). The summed E-state index contributed by atoms with van der Waals surface area (Å²) in [6.07, 6.45) is 23.5. The number of unbranched alkanes of at least 4 members (excludes halogenated alkanes) is 6. The van der Waals surface area contributed by atoms with Crippen molar-refractivity contribution in [2.24, 2.45) is 17.8 Å². The van der Waals surface area contributed by atoms with Crippen LogP contribution in [-0.2, 0) is 93.5 Å². The fraction of sp³-hybridized carbons (Fsp3) is 0.886. The molecule has 0 bridgehead atoms. The van der Waals surface area contributed by atoms with Gasteiger partial charge in [-0.05, 0) is 331 Å². The largest absolute Gasteiger partial charge is 0.507 e. The summed E-state index contributed by atoms with van der Waals surface area (Å²) in [5, 5.41) is 11.1. The van der Waals surface area contributed by atoms with Gasteiger partial charge in [-0.15, -0.1) is 0 Å². The first kappa shape index (κ1) is 133. The fourth-order valence-electron chi connectivity index (χ4n) is 25.8. The summed E-state index contributed by atoms with van der Waals surface area (Å²) < 4.78 is 46.7. The average molecular weight is 2090 g/mol. The highest BCUT2D eigenvalue weighted by Gasteiger charge is 2.54. The maximum atomic E-state index is 13.6. The predicted octanol–water partition coefficient (Wildman–Crippen LogP) is 25.0. The van der Waals surface area contributed by atoms with Crippen LogP contribution in [0.25, 0.3) is 0 Å². The van der Waals surface area contributed by atoms with Crippen molar-refractivity contribution in [1.82, 2.24) is 39.2 Å². The first-order valence-electron chi connectivity index (χ1n) is 57.0. The molecule has 25 heteroatoms.